The Morgan fingerprint density at radius 1 is 0.862 bits per heavy atom. The lowest BCUT2D eigenvalue weighted by molar-refractivity contribution is 0.361. The second kappa shape index (κ2) is 9.07. The SMILES string of the molecule is CN(CCNc1nccc2ccccc12)CCNc1ccnc2cc(Cl)ccc12. The molecule has 0 aliphatic carbocycles. The molecule has 0 saturated heterocycles. The van der Waals surface area contributed by atoms with E-state index in [9.17, 15) is 0 Å². The van der Waals surface area contributed by atoms with Crippen molar-refractivity contribution in [2.75, 3.05) is 43.9 Å². The van der Waals surface area contributed by atoms with E-state index in [0.29, 0.717) is 5.02 Å². The number of likely N-dealkylation sites (N-methyl/N-ethyl adjacent to an activating group) is 1. The molecule has 0 unspecified atom stereocenters. The normalized spacial score (nSPS) is 11.3. The summed E-state index contributed by atoms with van der Waals surface area (Å²) >= 11 is 6.06. The standard InChI is InChI=1S/C23H24ClN5/c1-29(15-13-28-23-19-5-3-2-4-17(19)8-10-27-23)14-12-26-21-9-11-25-22-16-18(24)6-7-20(21)22/h2-11,16H,12-15H2,1H3,(H,25,26)(H,27,28). The molecular formula is C23H24ClN5. The van der Waals surface area contributed by atoms with Crippen LogP contribution in [0.5, 0.6) is 0 Å². The van der Waals surface area contributed by atoms with Gasteiger partial charge in [0.1, 0.15) is 5.82 Å². The van der Waals surface area contributed by atoms with Gasteiger partial charge in [0.15, 0.2) is 0 Å². The lowest BCUT2D eigenvalue weighted by atomic mass is 10.1. The molecular weight excluding hydrogens is 382 g/mol. The number of aromatic nitrogens is 2. The van der Waals surface area contributed by atoms with E-state index in [1.807, 2.05) is 54.9 Å². The van der Waals surface area contributed by atoms with Gasteiger partial charge in [0.2, 0.25) is 0 Å². The van der Waals surface area contributed by atoms with Crippen LogP contribution in [0.1, 0.15) is 0 Å². The van der Waals surface area contributed by atoms with Gasteiger partial charge in [-0.2, -0.15) is 0 Å². The fourth-order valence-corrected chi connectivity index (χ4v) is 3.56. The van der Waals surface area contributed by atoms with E-state index in [1.165, 1.54) is 5.39 Å². The Kier molecular flexibility index (Phi) is 6.08. The van der Waals surface area contributed by atoms with E-state index in [4.69, 9.17) is 11.6 Å². The molecule has 2 aromatic carbocycles. The van der Waals surface area contributed by atoms with Gasteiger partial charge in [0.25, 0.3) is 0 Å². The smallest absolute Gasteiger partial charge is 0.133 e. The van der Waals surface area contributed by atoms with E-state index in [0.717, 1.165) is 54.0 Å². The van der Waals surface area contributed by atoms with Gasteiger partial charge >= 0.3 is 0 Å². The average molecular weight is 406 g/mol. The van der Waals surface area contributed by atoms with Crippen LogP contribution in [0.4, 0.5) is 11.5 Å². The summed E-state index contributed by atoms with van der Waals surface area (Å²) in [4.78, 5) is 11.2. The van der Waals surface area contributed by atoms with Gasteiger partial charge in [-0.25, -0.2) is 4.98 Å². The highest BCUT2D eigenvalue weighted by molar-refractivity contribution is 6.31. The minimum Gasteiger partial charge on any atom is -0.383 e. The van der Waals surface area contributed by atoms with Crippen molar-refractivity contribution in [3.05, 3.63) is 72.0 Å². The average Bonchev–Trinajstić information content (AvgIpc) is 2.74. The van der Waals surface area contributed by atoms with Crippen LogP contribution in [-0.2, 0) is 0 Å². The number of halogens is 1. The summed E-state index contributed by atoms with van der Waals surface area (Å²) in [6.07, 6.45) is 3.66. The summed E-state index contributed by atoms with van der Waals surface area (Å²) in [6, 6.07) is 18.1. The second-order valence-electron chi connectivity index (χ2n) is 7.06. The van der Waals surface area contributed by atoms with Crippen LogP contribution in [0.2, 0.25) is 5.02 Å². The van der Waals surface area contributed by atoms with Gasteiger partial charge < -0.3 is 15.5 Å². The van der Waals surface area contributed by atoms with Crippen LogP contribution in [-0.4, -0.2) is 48.1 Å². The molecule has 0 spiro atoms. The number of nitrogens with zero attached hydrogens (tertiary/aromatic N) is 3. The fourth-order valence-electron chi connectivity index (χ4n) is 3.39. The molecule has 2 N–H and O–H groups in total. The number of hydrogen-bond acceptors (Lipinski definition) is 5. The lowest BCUT2D eigenvalue weighted by Gasteiger charge is -2.18. The maximum atomic E-state index is 6.06. The fraction of sp³-hybridized carbons (Fsp3) is 0.217. The summed E-state index contributed by atoms with van der Waals surface area (Å²) in [5.41, 5.74) is 1.99. The number of rotatable bonds is 8. The van der Waals surface area contributed by atoms with Crippen molar-refractivity contribution in [3.63, 3.8) is 0 Å². The first kappa shape index (κ1) is 19.4. The van der Waals surface area contributed by atoms with E-state index in [1.54, 1.807) is 0 Å². The number of benzene rings is 2. The first-order valence-corrected chi connectivity index (χ1v) is 10.1. The van der Waals surface area contributed by atoms with Crippen LogP contribution < -0.4 is 10.6 Å². The Hall–Kier alpha value is -2.89. The predicted molar refractivity (Wildman–Crippen MR) is 123 cm³/mol. The zero-order valence-corrected chi connectivity index (χ0v) is 17.2. The van der Waals surface area contributed by atoms with Gasteiger partial charge in [0.05, 0.1) is 5.52 Å². The third-order valence-electron chi connectivity index (χ3n) is 4.97. The zero-order valence-electron chi connectivity index (χ0n) is 16.4. The van der Waals surface area contributed by atoms with Gasteiger partial charge in [-0.1, -0.05) is 35.9 Å². The van der Waals surface area contributed by atoms with Crippen LogP contribution in [0.25, 0.3) is 21.7 Å². The first-order chi connectivity index (χ1) is 14.2. The molecule has 5 nitrogen and oxygen atoms in total. The number of fused-ring (bicyclic) bond motifs is 2. The highest BCUT2D eigenvalue weighted by Gasteiger charge is 2.05. The predicted octanol–water partition coefficient (Wildman–Crippen LogP) is 4.89. The molecule has 0 aliphatic heterocycles. The molecule has 0 radical (unpaired) electrons. The van der Waals surface area contributed by atoms with Crippen LogP contribution >= 0.6 is 11.6 Å². The molecule has 148 valence electrons. The van der Waals surface area contributed by atoms with E-state index in [2.05, 4.69) is 44.7 Å². The van der Waals surface area contributed by atoms with Crippen LogP contribution in [0.3, 0.4) is 0 Å². The molecule has 0 amide bonds. The van der Waals surface area contributed by atoms with Crippen LogP contribution in [0, 0.1) is 0 Å². The number of pyridine rings is 2. The Balaban J connectivity index is 1.27. The van der Waals surface area contributed by atoms with Gasteiger partial charge in [0, 0.05) is 60.1 Å². The molecule has 4 rings (SSSR count). The van der Waals surface area contributed by atoms with Crippen molar-refractivity contribution < 1.29 is 0 Å². The molecule has 0 fully saturated rings. The van der Waals surface area contributed by atoms with Crippen molar-refractivity contribution in [2.45, 2.75) is 0 Å². The first-order valence-electron chi connectivity index (χ1n) is 9.75. The molecule has 0 saturated carbocycles. The Labute approximate surface area is 175 Å². The molecule has 29 heavy (non-hydrogen) atoms. The highest BCUT2D eigenvalue weighted by Crippen LogP contribution is 2.24. The van der Waals surface area contributed by atoms with Crippen molar-refractivity contribution in [1.29, 1.82) is 0 Å². The van der Waals surface area contributed by atoms with Gasteiger partial charge in [-0.3, -0.25) is 4.98 Å². The van der Waals surface area contributed by atoms with Crippen LogP contribution in [0.15, 0.2) is 67.0 Å². The van der Waals surface area contributed by atoms with Gasteiger partial charge in [-0.15, -0.1) is 0 Å². The summed E-state index contributed by atoms with van der Waals surface area (Å²) in [6.45, 7) is 3.56. The lowest BCUT2D eigenvalue weighted by Crippen LogP contribution is -2.30. The van der Waals surface area contributed by atoms with Crippen molar-refractivity contribution >= 4 is 44.8 Å². The number of nitrogens with one attached hydrogen (secondary N) is 2. The molecule has 0 aliphatic rings. The van der Waals surface area contributed by atoms with Crippen molar-refractivity contribution in [3.8, 4) is 0 Å². The topological polar surface area (TPSA) is 53.1 Å². The number of anilines is 2. The Bertz CT molecular complexity index is 1110. The summed E-state index contributed by atoms with van der Waals surface area (Å²) in [5.74, 6) is 0.941. The minimum atomic E-state index is 0.704. The molecule has 2 aromatic heterocycles. The Morgan fingerprint density at radius 3 is 2.55 bits per heavy atom. The molecule has 2 heterocycles. The van der Waals surface area contributed by atoms with Crippen molar-refractivity contribution in [2.24, 2.45) is 0 Å². The number of hydrogen-bond donors (Lipinski definition) is 2. The molecule has 6 heteroatoms. The highest BCUT2D eigenvalue weighted by atomic mass is 35.5. The largest absolute Gasteiger partial charge is 0.383 e. The molecule has 0 atom stereocenters. The maximum Gasteiger partial charge on any atom is 0.133 e. The Morgan fingerprint density at radius 2 is 1.66 bits per heavy atom. The zero-order chi connectivity index (χ0) is 20.1. The summed E-state index contributed by atoms with van der Waals surface area (Å²) in [7, 11) is 2.13. The quantitative estimate of drug-likeness (QED) is 0.437. The van der Waals surface area contributed by atoms with E-state index >= 15 is 0 Å². The molecule has 0 bridgehead atoms. The monoisotopic (exact) mass is 405 g/mol. The maximum absolute atomic E-state index is 6.06. The van der Waals surface area contributed by atoms with E-state index < -0.39 is 0 Å². The van der Waals surface area contributed by atoms with E-state index in [-0.39, 0.29) is 0 Å². The second-order valence-corrected chi connectivity index (χ2v) is 7.49. The summed E-state index contributed by atoms with van der Waals surface area (Å²) < 4.78 is 0. The summed E-state index contributed by atoms with van der Waals surface area (Å²) in [5, 5.41) is 11.1. The minimum absolute atomic E-state index is 0.704. The van der Waals surface area contributed by atoms with Gasteiger partial charge in [-0.05, 0) is 42.8 Å². The third-order valence-corrected chi connectivity index (χ3v) is 5.21. The molecule has 4 aromatic rings. The third kappa shape index (κ3) is 4.75. The van der Waals surface area contributed by atoms with Crippen molar-refractivity contribution in [1.82, 2.24) is 14.9 Å².